The van der Waals surface area contributed by atoms with E-state index < -0.39 is 0 Å². The van der Waals surface area contributed by atoms with Gasteiger partial charge in [0.25, 0.3) is 0 Å². The Bertz CT molecular complexity index is 944. The van der Waals surface area contributed by atoms with Gasteiger partial charge in [-0.2, -0.15) is 5.10 Å². The Kier molecular flexibility index (Phi) is 5.16. The quantitative estimate of drug-likeness (QED) is 0.584. The lowest BCUT2D eigenvalue weighted by Gasteiger charge is -2.16. The van der Waals surface area contributed by atoms with Gasteiger partial charge in [0.15, 0.2) is 5.76 Å². The van der Waals surface area contributed by atoms with Crippen LogP contribution in [0.25, 0.3) is 11.5 Å². The van der Waals surface area contributed by atoms with E-state index in [0.29, 0.717) is 6.04 Å². The van der Waals surface area contributed by atoms with Gasteiger partial charge < -0.3 is 4.42 Å². The molecule has 0 bridgehead atoms. The van der Waals surface area contributed by atoms with Crippen molar-refractivity contribution in [3.8, 4) is 11.5 Å². The molecule has 3 aromatic rings. The second-order valence-corrected chi connectivity index (χ2v) is 7.61. The van der Waals surface area contributed by atoms with Gasteiger partial charge in [-0.3, -0.25) is 4.99 Å². The minimum absolute atomic E-state index is 0.410. The fourth-order valence-electron chi connectivity index (χ4n) is 3.34. The van der Waals surface area contributed by atoms with Crippen molar-refractivity contribution in [1.29, 1.82) is 0 Å². The Morgan fingerprint density at radius 3 is 2.81 bits per heavy atom. The third-order valence-corrected chi connectivity index (χ3v) is 5.52. The molecule has 1 aliphatic carbocycles. The highest BCUT2D eigenvalue weighted by atomic mass is 32.1. The summed E-state index contributed by atoms with van der Waals surface area (Å²) in [5.41, 5.74) is 3.25. The van der Waals surface area contributed by atoms with Crippen LogP contribution in [0, 0.1) is 6.92 Å². The summed E-state index contributed by atoms with van der Waals surface area (Å²) in [6.45, 7) is 2.09. The zero-order valence-electron chi connectivity index (χ0n) is 15.0. The van der Waals surface area contributed by atoms with Crippen LogP contribution in [0.4, 0.5) is 0 Å². The summed E-state index contributed by atoms with van der Waals surface area (Å²) in [4.78, 5) is 5.94. The molecule has 0 N–H and O–H groups in total. The number of thiazole rings is 1. The Morgan fingerprint density at radius 2 is 2.04 bits per heavy atom. The summed E-state index contributed by atoms with van der Waals surface area (Å²) >= 11 is 1.63. The molecule has 4 nitrogen and oxygen atoms in total. The van der Waals surface area contributed by atoms with Crippen LogP contribution in [0.15, 0.2) is 62.6 Å². The number of hydrogen-bond donors (Lipinski definition) is 0. The highest BCUT2D eigenvalue weighted by Crippen LogP contribution is 2.22. The molecule has 1 aliphatic rings. The molecular formula is C21H23N3OS. The number of nitrogens with zero attached hydrogens (tertiary/aromatic N) is 3. The first kappa shape index (κ1) is 17.0. The van der Waals surface area contributed by atoms with Crippen molar-refractivity contribution < 1.29 is 4.42 Å². The van der Waals surface area contributed by atoms with Gasteiger partial charge in [-0.15, -0.1) is 11.3 Å². The van der Waals surface area contributed by atoms with E-state index in [-0.39, 0.29) is 0 Å². The van der Waals surface area contributed by atoms with Crippen LogP contribution in [0.2, 0.25) is 0 Å². The summed E-state index contributed by atoms with van der Waals surface area (Å²) in [7, 11) is 0. The molecule has 4 rings (SSSR count). The Labute approximate surface area is 157 Å². The van der Waals surface area contributed by atoms with Crippen molar-refractivity contribution in [2.24, 2.45) is 10.1 Å². The van der Waals surface area contributed by atoms with Crippen molar-refractivity contribution in [2.45, 2.75) is 45.1 Å². The van der Waals surface area contributed by atoms with Gasteiger partial charge in [0.2, 0.25) is 4.80 Å². The highest BCUT2D eigenvalue weighted by molar-refractivity contribution is 7.07. The van der Waals surface area contributed by atoms with Gasteiger partial charge in [0.05, 0.1) is 18.5 Å². The van der Waals surface area contributed by atoms with Crippen molar-refractivity contribution in [3.63, 3.8) is 0 Å². The molecular weight excluding hydrogens is 342 g/mol. The average molecular weight is 366 g/mol. The fourth-order valence-corrected chi connectivity index (χ4v) is 4.22. The number of benzene rings is 1. The molecule has 0 radical (unpaired) electrons. The number of aromatic nitrogens is 1. The zero-order chi connectivity index (χ0) is 17.8. The predicted octanol–water partition coefficient (Wildman–Crippen LogP) is 5.23. The van der Waals surface area contributed by atoms with Gasteiger partial charge in [0.1, 0.15) is 5.69 Å². The first-order chi connectivity index (χ1) is 12.8. The number of rotatable bonds is 4. The standard InChI is InChI=1S/C21H23N3OS/c1-16-7-5-8-17(13-16)14-22-24-19(20-11-6-12-25-20)15-26-21(24)23-18-9-3-2-4-10-18/h5-8,11-15,18H,2-4,9-10H2,1H3. The van der Waals surface area contributed by atoms with Crippen molar-refractivity contribution in [2.75, 3.05) is 0 Å². The average Bonchev–Trinajstić information content (AvgIpc) is 3.31. The van der Waals surface area contributed by atoms with Gasteiger partial charge in [-0.1, -0.05) is 49.1 Å². The van der Waals surface area contributed by atoms with E-state index in [1.807, 2.05) is 23.0 Å². The molecule has 5 heteroatoms. The normalized spacial score (nSPS) is 16.6. The molecule has 134 valence electrons. The van der Waals surface area contributed by atoms with Crippen LogP contribution >= 0.6 is 11.3 Å². The van der Waals surface area contributed by atoms with Crippen molar-refractivity contribution in [1.82, 2.24) is 4.68 Å². The summed E-state index contributed by atoms with van der Waals surface area (Å²) in [5, 5.41) is 6.82. The Morgan fingerprint density at radius 1 is 1.15 bits per heavy atom. The molecule has 0 amide bonds. The van der Waals surface area contributed by atoms with E-state index >= 15 is 0 Å². The van der Waals surface area contributed by atoms with E-state index in [1.165, 1.54) is 37.7 Å². The molecule has 26 heavy (non-hydrogen) atoms. The van der Waals surface area contributed by atoms with E-state index in [9.17, 15) is 0 Å². The fraction of sp³-hybridized carbons (Fsp3) is 0.333. The molecule has 0 unspecified atom stereocenters. The molecule has 0 saturated heterocycles. The third kappa shape index (κ3) is 3.88. The first-order valence-electron chi connectivity index (χ1n) is 9.19. The molecule has 1 fully saturated rings. The zero-order valence-corrected chi connectivity index (χ0v) is 15.8. The molecule has 1 saturated carbocycles. The van der Waals surface area contributed by atoms with E-state index in [4.69, 9.17) is 14.5 Å². The summed E-state index contributed by atoms with van der Waals surface area (Å²) in [5.74, 6) is 0.813. The molecule has 0 aliphatic heterocycles. The smallest absolute Gasteiger partial charge is 0.206 e. The maximum Gasteiger partial charge on any atom is 0.206 e. The van der Waals surface area contributed by atoms with Crippen molar-refractivity contribution >= 4 is 17.6 Å². The largest absolute Gasteiger partial charge is 0.463 e. The number of furan rings is 1. The second kappa shape index (κ2) is 7.87. The molecule has 2 heterocycles. The minimum atomic E-state index is 0.410. The lowest BCUT2D eigenvalue weighted by Crippen LogP contribution is -2.18. The van der Waals surface area contributed by atoms with Crippen LogP contribution < -0.4 is 4.80 Å². The number of hydrogen-bond acceptors (Lipinski definition) is 4. The third-order valence-electron chi connectivity index (χ3n) is 4.69. The molecule has 0 spiro atoms. The maximum atomic E-state index is 5.60. The van der Waals surface area contributed by atoms with Crippen LogP contribution in [-0.4, -0.2) is 16.9 Å². The van der Waals surface area contributed by atoms with Gasteiger partial charge in [-0.25, -0.2) is 4.68 Å². The number of aryl methyl sites for hydroxylation is 1. The minimum Gasteiger partial charge on any atom is -0.463 e. The summed E-state index contributed by atoms with van der Waals surface area (Å²) < 4.78 is 7.52. The Balaban J connectivity index is 1.74. The van der Waals surface area contributed by atoms with Crippen LogP contribution in [-0.2, 0) is 0 Å². The highest BCUT2D eigenvalue weighted by Gasteiger charge is 2.14. The second-order valence-electron chi connectivity index (χ2n) is 6.77. The van der Waals surface area contributed by atoms with Crippen LogP contribution in [0.1, 0.15) is 43.2 Å². The summed E-state index contributed by atoms with van der Waals surface area (Å²) in [6.07, 6.45) is 9.82. The van der Waals surface area contributed by atoms with E-state index in [0.717, 1.165) is 21.8 Å². The van der Waals surface area contributed by atoms with Crippen LogP contribution in [0.5, 0.6) is 0 Å². The molecule has 2 aromatic heterocycles. The Hall–Kier alpha value is -2.40. The molecule has 0 atom stereocenters. The predicted molar refractivity (Wildman–Crippen MR) is 107 cm³/mol. The van der Waals surface area contributed by atoms with Gasteiger partial charge in [0, 0.05) is 5.38 Å². The van der Waals surface area contributed by atoms with E-state index in [1.54, 1.807) is 17.6 Å². The lowest BCUT2D eigenvalue weighted by molar-refractivity contribution is 0.435. The summed E-state index contributed by atoms with van der Waals surface area (Å²) in [6, 6.07) is 12.6. The first-order valence-corrected chi connectivity index (χ1v) is 10.1. The maximum absolute atomic E-state index is 5.60. The van der Waals surface area contributed by atoms with Gasteiger partial charge in [-0.05, 0) is 37.5 Å². The monoisotopic (exact) mass is 365 g/mol. The van der Waals surface area contributed by atoms with Crippen LogP contribution in [0.3, 0.4) is 0 Å². The molecule has 1 aromatic carbocycles. The lowest BCUT2D eigenvalue weighted by atomic mass is 9.96. The van der Waals surface area contributed by atoms with Crippen molar-refractivity contribution in [3.05, 3.63) is 64.0 Å². The van der Waals surface area contributed by atoms with E-state index in [2.05, 4.69) is 36.6 Å². The SMILES string of the molecule is Cc1cccc(C=Nn2c(-c3ccco3)csc2=NC2CCCCC2)c1. The van der Waals surface area contributed by atoms with Gasteiger partial charge >= 0.3 is 0 Å². The topological polar surface area (TPSA) is 42.8 Å².